The van der Waals surface area contributed by atoms with E-state index < -0.39 is 11.5 Å². The quantitative estimate of drug-likeness (QED) is 0.719. The van der Waals surface area contributed by atoms with E-state index in [0.29, 0.717) is 12.8 Å². The molecule has 0 saturated carbocycles. The fourth-order valence-electron chi connectivity index (χ4n) is 1.64. The van der Waals surface area contributed by atoms with Crippen molar-refractivity contribution in [1.29, 1.82) is 0 Å². The monoisotopic (exact) mass is 242 g/mol. The van der Waals surface area contributed by atoms with Crippen molar-refractivity contribution in [2.75, 3.05) is 13.6 Å². The molecule has 1 rings (SSSR count). The molecule has 0 aromatic heterocycles. The highest BCUT2D eigenvalue weighted by atomic mass is 16.4. The lowest BCUT2D eigenvalue weighted by atomic mass is 9.94. The summed E-state index contributed by atoms with van der Waals surface area (Å²) in [5.74, 6) is -1.67. The number of hydrogen-bond donors (Lipinski definition) is 2. The fourth-order valence-corrected chi connectivity index (χ4v) is 1.64. The number of nitrogens with one attached hydrogen (secondary N) is 1. The van der Waals surface area contributed by atoms with Crippen LogP contribution in [0.15, 0.2) is 0 Å². The van der Waals surface area contributed by atoms with Crippen LogP contribution in [0.25, 0.3) is 0 Å². The summed E-state index contributed by atoms with van der Waals surface area (Å²) in [5, 5.41) is 11.7. The van der Waals surface area contributed by atoms with E-state index in [2.05, 4.69) is 5.32 Å². The van der Waals surface area contributed by atoms with Crippen LogP contribution in [0.3, 0.4) is 0 Å². The number of carboxylic acid groups (broad SMARTS) is 1. The van der Waals surface area contributed by atoms with Crippen LogP contribution in [0.5, 0.6) is 0 Å². The Balaban J connectivity index is 2.70. The molecule has 2 amide bonds. The predicted molar refractivity (Wildman–Crippen MR) is 60.2 cm³/mol. The average molecular weight is 242 g/mol. The molecule has 17 heavy (non-hydrogen) atoms. The molecule has 1 fully saturated rings. The molecular formula is C11H18N2O4. The molecule has 0 radical (unpaired) electrons. The zero-order valence-electron chi connectivity index (χ0n) is 10.3. The van der Waals surface area contributed by atoms with E-state index in [1.165, 1.54) is 25.8 Å². The van der Waals surface area contributed by atoms with E-state index in [9.17, 15) is 14.4 Å². The number of amides is 2. The summed E-state index contributed by atoms with van der Waals surface area (Å²) >= 11 is 0. The second kappa shape index (κ2) is 4.73. The van der Waals surface area contributed by atoms with Crippen molar-refractivity contribution in [1.82, 2.24) is 10.2 Å². The van der Waals surface area contributed by atoms with Crippen molar-refractivity contribution in [3.63, 3.8) is 0 Å². The first kappa shape index (κ1) is 13.5. The largest absolute Gasteiger partial charge is 0.480 e. The minimum Gasteiger partial charge on any atom is -0.480 e. The van der Waals surface area contributed by atoms with Crippen LogP contribution in [-0.4, -0.2) is 46.9 Å². The molecule has 1 unspecified atom stereocenters. The van der Waals surface area contributed by atoms with E-state index in [-0.39, 0.29) is 24.3 Å². The number of hydrogen-bond acceptors (Lipinski definition) is 3. The molecule has 0 aliphatic carbocycles. The predicted octanol–water partition coefficient (Wildman–Crippen LogP) is -0.166. The molecule has 0 bridgehead atoms. The molecule has 1 atom stereocenters. The van der Waals surface area contributed by atoms with Gasteiger partial charge in [-0.05, 0) is 20.3 Å². The van der Waals surface area contributed by atoms with E-state index in [4.69, 9.17) is 5.11 Å². The first-order chi connectivity index (χ1) is 7.76. The number of rotatable bonds is 3. The lowest BCUT2D eigenvalue weighted by molar-refractivity contribution is -0.157. The Hall–Kier alpha value is -1.59. The first-order valence-corrected chi connectivity index (χ1v) is 5.54. The lowest BCUT2D eigenvalue weighted by Gasteiger charge is -2.35. The molecule has 1 saturated heterocycles. The van der Waals surface area contributed by atoms with Gasteiger partial charge in [-0.15, -0.1) is 0 Å². The van der Waals surface area contributed by atoms with Gasteiger partial charge in [0.25, 0.3) is 0 Å². The van der Waals surface area contributed by atoms with Gasteiger partial charge in [0.05, 0.1) is 5.92 Å². The molecule has 0 aromatic carbocycles. The summed E-state index contributed by atoms with van der Waals surface area (Å²) in [5.41, 5.74) is -1.24. The van der Waals surface area contributed by atoms with Crippen molar-refractivity contribution in [2.24, 2.45) is 5.92 Å². The van der Waals surface area contributed by atoms with Gasteiger partial charge in [-0.2, -0.15) is 0 Å². The van der Waals surface area contributed by atoms with Crippen LogP contribution in [0.1, 0.15) is 26.7 Å². The second-order valence-corrected chi connectivity index (χ2v) is 4.80. The molecule has 0 spiro atoms. The van der Waals surface area contributed by atoms with Crippen molar-refractivity contribution < 1.29 is 19.5 Å². The van der Waals surface area contributed by atoms with Crippen molar-refractivity contribution in [3.05, 3.63) is 0 Å². The van der Waals surface area contributed by atoms with Gasteiger partial charge < -0.3 is 15.3 Å². The molecule has 2 N–H and O–H groups in total. The summed E-state index contributed by atoms with van der Waals surface area (Å²) in [7, 11) is 1.48. The summed E-state index contributed by atoms with van der Waals surface area (Å²) in [6, 6.07) is 0. The zero-order valence-corrected chi connectivity index (χ0v) is 10.3. The van der Waals surface area contributed by atoms with Gasteiger partial charge in [0, 0.05) is 20.0 Å². The molecule has 1 aliphatic rings. The van der Waals surface area contributed by atoms with Gasteiger partial charge in [0.2, 0.25) is 11.8 Å². The van der Waals surface area contributed by atoms with Crippen molar-refractivity contribution in [2.45, 2.75) is 32.2 Å². The summed E-state index contributed by atoms with van der Waals surface area (Å²) < 4.78 is 0. The van der Waals surface area contributed by atoms with Crippen molar-refractivity contribution in [3.8, 4) is 0 Å². The topological polar surface area (TPSA) is 86.7 Å². The number of piperidine rings is 1. The molecule has 1 heterocycles. The zero-order chi connectivity index (χ0) is 13.2. The summed E-state index contributed by atoms with van der Waals surface area (Å²) in [6.07, 6.45) is 0.794. The molecule has 6 heteroatoms. The highest BCUT2D eigenvalue weighted by Crippen LogP contribution is 2.19. The van der Waals surface area contributed by atoms with E-state index in [1.807, 2.05) is 0 Å². The van der Waals surface area contributed by atoms with Crippen LogP contribution in [0.2, 0.25) is 0 Å². The molecule has 96 valence electrons. The molecule has 1 aliphatic heterocycles. The Morgan fingerprint density at radius 1 is 1.47 bits per heavy atom. The minimum atomic E-state index is -1.24. The number of nitrogens with zero attached hydrogens (tertiary/aromatic N) is 1. The smallest absolute Gasteiger partial charge is 0.329 e. The van der Waals surface area contributed by atoms with E-state index in [0.717, 1.165) is 0 Å². The third kappa shape index (κ3) is 2.75. The summed E-state index contributed by atoms with van der Waals surface area (Å²) in [6.45, 7) is 3.25. The van der Waals surface area contributed by atoms with Gasteiger partial charge in [0.15, 0.2) is 0 Å². The number of carboxylic acids is 1. The van der Waals surface area contributed by atoms with Crippen molar-refractivity contribution >= 4 is 17.8 Å². The van der Waals surface area contributed by atoms with Gasteiger partial charge in [0.1, 0.15) is 5.54 Å². The first-order valence-electron chi connectivity index (χ1n) is 5.54. The molecule has 6 nitrogen and oxygen atoms in total. The Morgan fingerprint density at radius 2 is 2.06 bits per heavy atom. The minimum absolute atomic E-state index is 0.0609. The van der Waals surface area contributed by atoms with Crippen LogP contribution >= 0.6 is 0 Å². The van der Waals surface area contributed by atoms with Gasteiger partial charge >= 0.3 is 5.97 Å². The lowest BCUT2D eigenvalue weighted by Crippen LogP contribution is -2.54. The number of likely N-dealkylation sites (N-methyl/N-ethyl adjacent to an activating group) is 1. The third-order valence-electron chi connectivity index (χ3n) is 3.31. The van der Waals surface area contributed by atoms with Crippen LogP contribution in [-0.2, 0) is 14.4 Å². The maximum absolute atomic E-state index is 12.1. The summed E-state index contributed by atoms with van der Waals surface area (Å²) in [4.78, 5) is 35.3. The molecule has 0 aromatic rings. The van der Waals surface area contributed by atoms with Gasteiger partial charge in [-0.25, -0.2) is 4.79 Å². The normalized spacial score (nSPS) is 20.6. The Bertz CT molecular complexity index is 341. The molecular weight excluding hydrogens is 224 g/mol. The van der Waals surface area contributed by atoms with E-state index >= 15 is 0 Å². The Labute approximate surface area is 100.0 Å². The maximum atomic E-state index is 12.1. The standard InChI is InChI=1S/C11H18N2O4/c1-11(2,10(16)17)13(3)9(15)7-4-5-8(14)12-6-7/h7H,4-6H2,1-3H3,(H,12,14)(H,16,17). The number of aliphatic carboxylic acids is 1. The van der Waals surface area contributed by atoms with Crippen LogP contribution < -0.4 is 5.32 Å². The average Bonchev–Trinajstić information content (AvgIpc) is 2.27. The van der Waals surface area contributed by atoms with Crippen LogP contribution in [0.4, 0.5) is 0 Å². The van der Waals surface area contributed by atoms with E-state index in [1.54, 1.807) is 0 Å². The third-order valence-corrected chi connectivity index (χ3v) is 3.31. The van der Waals surface area contributed by atoms with Crippen LogP contribution in [0, 0.1) is 5.92 Å². The second-order valence-electron chi connectivity index (χ2n) is 4.80. The Kier molecular flexibility index (Phi) is 3.75. The fraction of sp³-hybridized carbons (Fsp3) is 0.727. The number of carbonyl (C=O) groups is 3. The SMILES string of the molecule is CN(C(=O)C1CCC(=O)NC1)C(C)(C)C(=O)O. The maximum Gasteiger partial charge on any atom is 0.329 e. The van der Waals surface area contributed by atoms with Gasteiger partial charge in [-0.3, -0.25) is 9.59 Å². The Morgan fingerprint density at radius 3 is 2.47 bits per heavy atom. The highest BCUT2D eigenvalue weighted by Gasteiger charge is 2.38. The van der Waals surface area contributed by atoms with Gasteiger partial charge in [-0.1, -0.05) is 0 Å². The number of carbonyl (C=O) groups excluding carboxylic acids is 2. The highest BCUT2D eigenvalue weighted by molar-refractivity contribution is 5.88.